The fourth-order valence-corrected chi connectivity index (χ4v) is 4.43. The van der Waals surface area contributed by atoms with E-state index in [1.54, 1.807) is 7.11 Å². The molecule has 22 heavy (non-hydrogen) atoms. The highest BCUT2D eigenvalue weighted by Crippen LogP contribution is 2.55. The highest BCUT2D eigenvalue weighted by molar-refractivity contribution is 5.64. The van der Waals surface area contributed by atoms with Gasteiger partial charge in [0.25, 0.3) is 0 Å². The summed E-state index contributed by atoms with van der Waals surface area (Å²) >= 11 is 0. The lowest BCUT2D eigenvalue weighted by Gasteiger charge is -2.39. The minimum absolute atomic E-state index is 0.267. The number of hydrogen-bond donors (Lipinski definition) is 1. The smallest absolute Gasteiger partial charge is 0.118 e. The highest BCUT2D eigenvalue weighted by Gasteiger charge is 2.47. The summed E-state index contributed by atoms with van der Waals surface area (Å²) in [6, 6.07) is 17.9. The van der Waals surface area contributed by atoms with Crippen molar-refractivity contribution >= 4 is 5.69 Å². The molecule has 0 radical (unpaired) electrons. The summed E-state index contributed by atoms with van der Waals surface area (Å²) in [6.45, 7) is 0. The van der Waals surface area contributed by atoms with Crippen LogP contribution in [0.2, 0.25) is 0 Å². The second kappa shape index (κ2) is 5.35. The molecule has 0 unspecified atom stereocenters. The second-order valence-corrected chi connectivity index (χ2v) is 6.61. The molecule has 1 fully saturated rings. The van der Waals surface area contributed by atoms with Crippen molar-refractivity contribution in [2.24, 2.45) is 0 Å². The van der Waals surface area contributed by atoms with Crippen LogP contribution in [0.3, 0.4) is 0 Å². The van der Waals surface area contributed by atoms with Crippen LogP contribution < -0.4 is 10.1 Å². The van der Waals surface area contributed by atoms with E-state index in [9.17, 15) is 0 Å². The topological polar surface area (TPSA) is 21.3 Å². The molecule has 4 rings (SSSR count). The van der Waals surface area contributed by atoms with Crippen molar-refractivity contribution in [2.45, 2.75) is 43.6 Å². The predicted molar refractivity (Wildman–Crippen MR) is 90.6 cm³/mol. The normalized spacial score (nSPS) is 22.1. The molecule has 0 amide bonds. The van der Waals surface area contributed by atoms with E-state index < -0.39 is 0 Å². The van der Waals surface area contributed by atoms with Gasteiger partial charge in [0.1, 0.15) is 5.75 Å². The van der Waals surface area contributed by atoms with Crippen LogP contribution in [0.15, 0.2) is 48.5 Å². The van der Waals surface area contributed by atoms with Crippen LogP contribution in [-0.2, 0) is 5.41 Å². The van der Waals surface area contributed by atoms with Crippen molar-refractivity contribution in [3.8, 4) is 5.75 Å². The van der Waals surface area contributed by atoms with Gasteiger partial charge in [-0.15, -0.1) is 0 Å². The predicted octanol–water partition coefficient (Wildman–Crippen LogP) is 5.06. The lowest BCUT2D eigenvalue weighted by Crippen LogP contribution is -2.34. The van der Waals surface area contributed by atoms with Crippen LogP contribution in [0.25, 0.3) is 0 Å². The van der Waals surface area contributed by atoms with Crippen LogP contribution >= 0.6 is 0 Å². The molecule has 1 aliphatic carbocycles. The van der Waals surface area contributed by atoms with Crippen molar-refractivity contribution in [3.05, 3.63) is 59.7 Å². The van der Waals surface area contributed by atoms with E-state index in [0.717, 1.165) is 5.75 Å². The SMILES string of the molecule is COc1ccc([C@H]2Nc3ccccc3C23CCCCC3)cc1. The van der Waals surface area contributed by atoms with Crippen LogP contribution in [0.1, 0.15) is 49.3 Å². The lowest BCUT2D eigenvalue weighted by atomic mass is 9.65. The van der Waals surface area contributed by atoms with Crippen molar-refractivity contribution in [2.75, 3.05) is 12.4 Å². The monoisotopic (exact) mass is 293 g/mol. The zero-order valence-corrected chi connectivity index (χ0v) is 13.1. The van der Waals surface area contributed by atoms with E-state index in [0.29, 0.717) is 6.04 Å². The molecule has 114 valence electrons. The third-order valence-electron chi connectivity index (χ3n) is 5.51. The Hall–Kier alpha value is -1.96. The molecular weight excluding hydrogens is 270 g/mol. The Kier molecular flexibility index (Phi) is 3.33. The number of para-hydroxylation sites is 1. The average molecular weight is 293 g/mol. The molecule has 2 aromatic carbocycles. The van der Waals surface area contributed by atoms with Crippen LogP contribution in [0.5, 0.6) is 5.75 Å². The van der Waals surface area contributed by atoms with E-state index in [1.807, 2.05) is 0 Å². The summed E-state index contributed by atoms with van der Waals surface area (Å²) in [4.78, 5) is 0. The van der Waals surface area contributed by atoms with Crippen LogP contribution in [-0.4, -0.2) is 7.11 Å². The minimum atomic E-state index is 0.267. The van der Waals surface area contributed by atoms with Crippen molar-refractivity contribution in [3.63, 3.8) is 0 Å². The van der Waals surface area contributed by atoms with Gasteiger partial charge in [-0.2, -0.15) is 0 Å². The summed E-state index contributed by atoms with van der Waals surface area (Å²) in [5.41, 5.74) is 4.49. The first kappa shape index (κ1) is 13.7. The lowest BCUT2D eigenvalue weighted by molar-refractivity contribution is 0.270. The maximum Gasteiger partial charge on any atom is 0.118 e. The standard InChI is InChI=1S/C20H23NO/c1-22-16-11-9-15(10-12-16)19-20(13-5-2-6-14-20)17-7-3-4-8-18(17)21-19/h3-4,7-12,19,21H,2,5-6,13-14H2,1H3/t19-/m1/s1. The number of methoxy groups -OCH3 is 1. The molecule has 1 atom stereocenters. The Morgan fingerprint density at radius 3 is 2.41 bits per heavy atom. The van der Waals surface area contributed by atoms with E-state index in [-0.39, 0.29) is 5.41 Å². The highest BCUT2D eigenvalue weighted by atomic mass is 16.5. The van der Waals surface area contributed by atoms with Gasteiger partial charge in [0.15, 0.2) is 0 Å². The molecule has 0 aromatic heterocycles. The number of benzene rings is 2. The summed E-state index contributed by atoms with van der Waals surface area (Å²) in [5.74, 6) is 0.928. The fraction of sp³-hybridized carbons (Fsp3) is 0.400. The largest absolute Gasteiger partial charge is 0.497 e. The molecule has 2 aliphatic rings. The van der Waals surface area contributed by atoms with Crippen LogP contribution in [0, 0.1) is 0 Å². The summed E-state index contributed by atoms with van der Waals surface area (Å²) in [6.07, 6.45) is 6.62. The molecule has 2 nitrogen and oxygen atoms in total. The van der Waals surface area contributed by atoms with Crippen molar-refractivity contribution in [1.82, 2.24) is 0 Å². The van der Waals surface area contributed by atoms with Crippen molar-refractivity contribution in [1.29, 1.82) is 0 Å². The first-order chi connectivity index (χ1) is 10.8. The molecular formula is C20H23NO. The molecule has 0 saturated heterocycles. The molecule has 2 aromatic rings. The number of nitrogens with one attached hydrogen (secondary N) is 1. The van der Waals surface area contributed by atoms with Gasteiger partial charge in [-0.05, 0) is 42.2 Å². The quantitative estimate of drug-likeness (QED) is 0.835. The summed E-state index contributed by atoms with van der Waals surface area (Å²) in [7, 11) is 1.72. The van der Waals surface area contributed by atoms with Gasteiger partial charge < -0.3 is 10.1 Å². The fourth-order valence-electron chi connectivity index (χ4n) is 4.43. The third kappa shape index (κ3) is 2.01. The number of ether oxygens (including phenoxy) is 1. The van der Waals surface area contributed by atoms with E-state index in [1.165, 1.54) is 48.9 Å². The molecule has 2 heteroatoms. The molecule has 1 N–H and O–H groups in total. The zero-order chi connectivity index (χ0) is 15.0. The van der Waals surface area contributed by atoms with Gasteiger partial charge in [-0.3, -0.25) is 0 Å². The maximum absolute atomic E-state index is 5.31. The molecule has 1 heterocycles. The molecule has 1 spiro atoms. The molecule has 0 bridgehead atoms. The second-order valence-electron chi connectivity index (χ2n) is 6.61. The van der Waals surface area contributed by atoms with Gasteiger partial charge >= 0.3 is 0 Å². The van der Waals surface area contributed by atoms with Gasteiger partial charge in [-0.1, -0.05) is 49.6 Å². The number of fused-ring (bicyclic) bond motifs is 2. The van der Waals surface area contributed by atoms with Gasteiger partial charge in [0.2, 0.25) is 0 Å². The van der Waals surface area contributed by atoms with E-state index in [2.05, 4.69) is 53.8 Å². The number of rotatable bonds is 2. The Morgan fingerprint density at radius 1 is 0.955 bits per heavy atom. The van der Waals surface area contributed by atoms with Gasteiger partial charge in [-0.25, -0.2) is 0 Å². The van der Waals surface area contributed by atoms with Crippen LogP contribution in [0.4, 0.5) is 5.69 Å². The zero-order valence-electron chi connectivity index (χ0n) is 13.1. The molecule has 1 aliphatic heterocycles. The summed E-state index contributed by atoms with van der Waals surface area (Å²) in [5, 5.41) is 3.81. The van der Waals surface area contributed by atoms with E-state index in [4.69, 9.17) is 4.74 Å². The van der Waals surface area contributed by atoms with Gasteiger partial charge in [0.05, 0.1) is 13.2 Å². The Morgan fingerprint density at radius 2 is 1.68 bits per heavy atom. The Labute approximate surface area is 132 Å². The average Bonchev–Trinajstić information content (AvgIpc) is 2.90. The third-order valence-corrected chi connectivity index (χ3v) is 5.51. The van der Waals surface area contributed by atoms with Gasteiger partial charge in [0, 0.05) is 11.1 Å². The number of anilines is 1. The van der Waals surface area contributed by atoms with E-state index >= 15 is 0 Å². The minimum Gasteiger partial charge on any atom is -0.497 e. The van der Waals surface area contributed by atoms with Crippen molar-refractivity contribution < 1.29 is 4.74 Å². The molecule has 1 saturated carbocycles. The Bertz CT molecular complexity index is 656. The first-order valence-corrected chi connectivity index (χ1v) is 8.33. The number of hydrogen-bond acceptors (Lipinski definition) is 2. The summed E-state index contributed by atoms with van der Waals surface area (Å²) < 4.78 is 5.31. The first-order valence-electron chi connectivity index (χ1n) is 8.33. The Balaban J connectivity index is 1.78. The maximum atomic E-state index is 5.31.